The molecule has 0 aromatic heterocycles. The number of nitrogens with zero attached hydrogens (tertiary/aromatic N) is 1. The summed E-state index contributed by atoms with van der Waals surface area (Å²) in [6.07, 6.45) is 1.06. The summed E-state index contributed by atoms with van der Waals surface area (Å²) < 4.78 is 26.8. The number of sulfonamides is 1. The number of piperidine rings is 1. The van der Waals surface area contributed by atoms with Crippen molar-refractivity contribution in [2.75, 3.05) is 13.1 Å². The van der Waals surface area contributed by atoms with Gasteiger partial charge < -0.3 is 5.11 Å². The zero-order chi connectivity index (χ0) is 18.0. The number of halogens is 1. The van der Waals surface area contributed by atoms with Gasteiger partial charge in [0.2, 0.25) is 10.0 Å². The van der Waals surface area contributed by atoms with Crippen molar-refractivity contribution in [3.63, 3.8) is 0 Å². The lowest BCUT2D eigenvalue weighted by Gasteiger charge is -2.29. The zero-order valence-corrected chi connectivity index (χ0v) is 15.0. The molecule has 1 aliphatic rings. The summed E-state index contributed by atoms with van der Waals surface area (Å²) in [5.41, 5.74) is 1.66. The Morgan fingerprint density at radius 3 is 2.44 bits per heavy atom. The van der Waals surface area contributed by atoms with Crippen molar-refractivity contribution in [3.8, 4) is 11.1 Å². The fourth-order valence-corrected chi connectivity index (χ4v) is 4.78. The lowest BCUT2D eigenvalue weighted by atomic mass is 10.0. The van der Waals surface area contributed by atoms with Gasteiger partial charge >= 0.3 is 5.97 Å². The molecule has 1 fully saturated rings. The molecule has 0 radical (unpaired) electrons. The van der Waals surface area contributed by atoms with Crippen LogP contribution in [0.15, 0.2) is 53.4 Å². The highest BCUT2D eigenvalue weighted by atomic mass is 35.5. The maximum Gasteiger partial charge on any atom is 0.307 e. The fourth-order valence-electron chi connectivity index (χ4n) is 3.01. The number of carbonyl (C=O) groups is 1. The molecule has 1 N–H and O–H groups in total. The molecule has 7 heteroatoms. The summed E-state index contributed by atoms with van der Waals surface area (Å²) in [4.78, 5) is 11.3. The van der Waals surface area contributed by atoms with Crippen LogP contribution in [0.1, 0.15) is 12.8 Å². The summed E-state index contributed by atoms with van der Waals surface area (Å²) in [5.74, 6) is -1.60. The van der Waals surface area contributed by atoms with Crippen LogP contribution >= 0.6 is 11.6 Å². The highest BCUT2D eigenvalue weighted by Crippen LogP contribution is 2.29. The molecule has 0 aliphatic carbocycles. The summed E-state index contributed by atoms with van der Waals surface area (Å²) in [6.45, 7) is 0.363. The van der Waals surface area contributed by atoms with Crippen molar-refractivity contribution >= 4 is 27.6 Å². The first kappa shape index (κ1) is 17.9. The predicted molar refractivity (Wildman–Crippen MR) is 96.0 cm³/mol. The molecule has 1 unspecified atom stereocenters. The Hall–Kier alpha value is -1.89. The first-order chi connectivity index (χ1) is 11.9. The van der Waals surface area contributed by atoms with Crippen molar-refractivity contribution in [3.05, 3.63) is 53.6 Å². The molecule has 1 heterocycles. The molecule has 2 aromatic rings. The minimum absolute atomic E-state index is 0.0178. The van der Waals surface area contributed by atoms with Crippen LogP contribution in [0.3, 0.4) is 0 Å². The Kier molecular flexibility index (Phi) is 5.13. The van der Waals surface area contributed by atoms with Gasteiger partial charge in [-0.1, -0.05) is 41.9 Å². The lowest BCUT2D eigenvalue weighted by Crippen LogP contribution is -2.42. The average molecular weight is 380 g/mol. The molecule has 1 aliphatic heterocycles. The van der Waals surface area contributed by atoms with E-state index in [0.29, 0.717) is 24.4 Å². The van der Waals surface area contributed by atoms with Gasteiger partial charge in [-0.25, -0.2) is 8.42 Å². The van der Waals surface area contributed by atoms with Crippen LogP contribution in [0.5, 0.6) is 0 Å². The number of carboxylic acids is 1. The molecular weight excluding hydrogens is 362 g/mol. The van der Waals surface area contributed by atoms with Crippen molar-refractivity contribution in [1.82, 2.24) is 4.31 Å². The summed E-state index contributed by atoms with van der Waals surface area (Å²) in [6, 6.07) is 13.9. The molecule has 1 saturated heterocycles. The molecular formula is C18H18ClNO4S. The van der Waals surface area contributed by atoms with E-state index >= 15 is 0 Å². The van der Waals surface area contributed by atoms with Gasteiger partial charge in [-0.2, -0.15) is 4.31 Å². The van der Waals surface area contributed by atoms with E-state index in [0.717, 1.165) is 11.1 Å². The molecule has 25 heavy (non-hydrogen) atoms. The number of hydrogen-bond donors (Lipinski definition) is 1. The van der Waals surface area contributed by atoms with E-state index in [1.807, 2.05) is 18.2 Å². The molecule has 0 bridgehead atoms. The van der Waals surface area contributed by atoms with Gasteiger partial charge in [-0.15, -0.1) is 0 Å². The first-order valence-corrected chi connectivity index (χ1v) is 9.79. The Labute approximate surface area is 151 Å². The third-order valence-corrected chi connectivity index (χ3v) is 6.62. The highest BCUT2D eigenvalue weighted by Gasteiger charge is 2.33. The van der Waals surface area contributed by atoms with Crippen molar-refractivity contribution in [1.29, 1.82) is 0 Å². The third-order valence-electron chi connectivity index (χ3n) is 4.41. The minimum atomic E-state index is -3.70. The van der Waals surface area contributed by atoms with Crippen molar-refractivity contribution in [2.24, 2.45) is 5.92 Å². The van der Waals surface area contributed by atoms with Crippen LogP contribution < -0.4 is 0 Å². The van der Waals surface area contributed by atoms with Crippen LogP contribution in [0.25, 0.3) is 11.1 Å². The normalized spacial score (nSPS) is 18.8. The van der Waals surface area contributed by atoms with E-state index in [2.05, 4.69) is 0 Å². The Bertz CT molecular complexity index is 880. The standard InChI is InChI=1S/C18H18ClNO4S/c19-17-6-2-1-5-16(17)13-7-9-15(10-8-13)25(23,24)20-11-3-4-14(12-20)18(21)22/h1-2,5-10,14H,3-4,11-12H2,(H,21,22). The van der Waals surface area contributed by atoms with Crippen molar-refractivity contribution in [2.45, 2.75) is 17.7 Å². The van der Waals surface area contributed by atoms with Gasteiger partial charge in [-0.3, -0.25) is 4.79 Å². The van der Waals surface area contributed by atoms with E-state index in [1.54, 1.807) is 30.3 Å². The predicted octanol–water partition coefficient (Wildman–Crippen LogP) is 3.49. The molecule has 1 atom stereocenters. The van der Waals surface area contributed by atoms with Gasteiger partial charge in [0, 0.05) is 23.7 Å². The highest BCUT2D eigenvalue weighted by molar-refractivity contribution is 7.89. The average Bonchev–Trinajstić information content (AvgIpc) is 2.62. The van der Waals surface area contributed by atoms with Crippen LogP contribution in [0.2, 0.25) is 5.02 Å². The number of benzene rings is 2. The lowest BCUT2D eigenvalue weighted by molar-refractivity contribution is -0.142. The maximum atomic E-state index is 12.8. The van der Waals surface area contributed by atoms with Gasteiger partial charge in [0.25, 0.3) is 0 Å². The summed E-state index contributed by atoms with van der Waals surface area (Å²) >= 11 is 6.17. The number of rotatable bonds is 4. The smallest absolute Gasteiger partial charge is 0.307 e. The maximum absolute atomic E-state index is 12.8. The SMILES string of the molecule is O=C(O)C1CCCN(S(=O)(=O)c2ccc(-c3ccccc3Cl)cc2)C1. The van der Waals surface area contributed by atoms with Crippen LogP contribution in [0.4, 0.5) is 0 Å². The second kappa shape index (κ2) is 7.15. The second-order valence-corrected chi connectivity index (χ2v) is 8.39. The van der Waals surface area contributed by atoms with Gasteiger partial charge in [0.15, 0.2) is 0 Å². The van der Waals surface area contributed by atoms with Crippen LogP contribution in [0, 0.1) is 5.92 Å². The molecule has 0 saturated carbocycles. The summed E-state index contributed by atoms with van der Waals surface area (Å²) in [7, 11) is -3.70. The topological polar surface area (TPSA) is 74.7 Å². The molecule has 0 amide bonds. The van der Waals surface area contributed by atoms with Gasteiger partial charge in [0.1, 0.15) is 0 Å². The van der Waals surface area contributed by atoms with E-state index in [1.165, 1.54) is 4.31 Å². The molecule has 5 nitrogen and oxygen atoms in total. The third kappa shape index (κ3) is 3.71. The Morgan fingerprint density at radius 1 is 1.12 bits per heavy atom. The van der Waals surface area contributed by atoms with Crippen LogP contribution in [-0.4, -0.2) is 36.9 Å². The van der Waals surface area contributed by atoms with Gasteiger partial charge in [-0.05, 0) is 36.6 Å². The quantitative estimate of drug-likeness (QED) is 0.882. The second-order valence-electron chi connectivity index (χ2n) is 6.04. The number of hydrogen-bond acceptors (Lipinski definition) is 3. The number of aliphatic carboxylic acids is 1. The molecule has 0 spiro atoms. The van der Waals surface area contributed by atoms with E-state index in [4.69, 9.17) is 16.7 Å². The fraction of sp³-hybridized carbons (Fsp3) is 0.278. The summed E-state index contributed by atoms with van der Waals surface area (Å²) in [5, 5.41) is 9.74. The molecule has 3 rings (SSSR count). The monoisotopic (exact) mass is 379 g/mol. The van der Waals surface area contributed by atoms with E-state index in [9.17, 15) is 13.2 Å². The van der Waals surface area contributed by atoms with Crippen molar-refractivity contribution < 1.29 is 18.3 Å². The Balaban J connectivity index is 1.86. The van der Waals surface area contributed by atoms with Gasteiger partial charge in [0.05, 0.1) is 10.8 Å². The largest absolute Gasteiger partial charge is 0.481 e. The Morgan fingerprint density at radius 2 is 1.80 bits per heavy atom. The molecule has 2 aromatic carbocycles. The minimum Gasteiger partial charge on any atom is -0.481 e. The van der Waals surface area contributed by atoms with E-state index in [-0.39, 0.29) is 11.4 Å². The van der Waals surface area contributed by atoms with Crippen LogP contribution in [-0.2, 0) is 14.8 Å². The first-order valence-electron chi connectivity index (χ1n) is 7.97. The van der Waals surface area contributed by atoms with E-state index < -0.39 is 21.9 Å². The zero-order valence-electron chi connectivity index (χ0n) is 13.4. The number of carboxylic acid groups (broad SMARTS) is 1. The molecule has 132 valence electrons.